The smallest absolute Gasteiger partial charge is 0.0205 e. The standard InChI is InChI=1S/C19H25N/c1-3-7-16-8-5-10-18(13-16)19-11-6-9-17(14-19)15-20-12-4-2/h5-6,8-11,13-14,20H,3-4,7,12,15H2,1-2H3. The predicted octanol–water partition coefficient (Wildman–Crippen LogP) is 4.81. The molecule has 106 valence electrons. The van der Waals surface area contributed by atoms with Crippen LogP contribution >= 0.6 is 0 Å². The highest BCUT2D eigenvalue weighted by atomic mass is 14.8. The Bertz CT molecular complexity index is 531. The topological polar surface area (TPSA) is 12.0 Å². The van der Waals surface area contributed by atoms with Crippen LogP contribution in [0.15, 0.2) is 48.5 Å². The van der Waals surface area contributed by atoms with Crippen molar-refractivity contribution >= 4 is 0 Å². The van der Waals surface area contributed by atoms with Crippen molar-refractivity contribution in [2.45, 2.75) is 39.7 Å². The number of hydrogen-bond donors (Lipinski definition) is 1. The summed E-state index contributed by atoms with van der Waals surface area (Å²) in [7, 11) is 0. The zero-order valence-corrected chi connectivity index (χ0v) is 12.7. The molecule has 2 aromatic rings. The van der Waals surface area contributed by atoms with E-state index in [1.54, 1.807) is 0 Å². The van der Waals surface area contributed by atoms with Gasteiger partial charge in [-0.15, -0.1) is 0 Å². The lowest BCUT2D eigenvalue weighted by Crippen LogP contribution is -2.13. The highest BCUT2D eigenvalue weighted by molar-refractivity contribution is 5.64. The minimum Gasteiger partial charge on any atom is -0.313 e. The quantitative estimate of drug-likeness (QED) is 0.710. The maximum absolute atomic E-state index is 3.46. The molecular formula is C19H25N. The first-order chi connectivity index (χ1) is 9.83. The van der Waals surface area contributed by atoms with E-state index in [1.165, 1.54) is 35.1 Å². The van der Waals surface area contributed by atoms with Crippen LogP contribution in [0.3, 0.4) is 0 Å². The van der Waals surface area contributed by atoms with E-state index in [-0.39, 0.29) is 0 Å². The largest absolute Gasteiger partial charge is 0.313 e. The Morgan fingerprint density at radius 3 is 2.10 bits per heavy atom. The molecule has 0 fully saturated rings. The van der Waals surface area contributed by atoms with Gasteiger partial charge in [-0.1, -0.05) is 62.7 Å². The van der Waals surface area contributed by atoms with Gasteiger partial charge in [0, 0.05) is 6.54 Å². The van der Waals surface area contributed by atoms with Crippen LogP contribution in [0.4, 0.5) is 0 Å². The van der Waals surface area contributed by atoms with Gasteiger partial charge in [-0.2, -0.15) is 0 Å². The van der Waals surface area contributed by atoms with Crippen LogP contribution in [-0.4, -0.2) is 6.54 Å². The molecule has 1 N–H and O–H groups in total. The highest BCUT2D eigenvalue weighted by Crippen LogP contribution is 2.22. The first-order valence-corrected chi connectivity index (χ1v) is 7.72. The molecule has 0 aliphatic heterocycles. The number of aryl methyl sites for hydroxylation is 1. The Morgan fingerprint density at radius 2 is 1.45 bits per heavy atom. The molecule has 1 nitrogen and oxygen atoms in total. The van der Waals surface area contributed by atoms with Crippen molar-refractivity contribution in [3.05, 3.63) is 59.7 Å². The highest BCUT2D eigenvalue weighted by Gasteiger charge is 2.01. The van der Waals surface area contributed by atoms with Crippen molar-refractivity contribution in [3.63, 3.8) is 0 Å². The van der Waals surface area contributed by atoms with Crippen molar-refractivity contribution in [2.75, 3.05) is 6.54 Å². The summed E-state index contributed by atoms with van der Waals surface area (Å²) < 4.78 is 0. The molecule has 0 atom stereocenters. The molecular weight excluding hydrogens is 242 g/mol. The van der Waals surface area contributed by atoms with Crippen LogP contribution in [0.2, 0.25) is 0 Å². The van der Waals surface area contributed by atoms with E-state index in [9.17, 15) is 0 Å². The third-order valence-electron chi connectivity index (χ3n) is 3.48. The zero-order valence-electron chi connectivity index (χ0n) is 12.7. The zero-order chi connectivity index (χ0) is 14.2. The molecule has 2 aromatic carbocycles. The summed E-state index contributed by atoms with van der Waals surface area (Å²) in [5.41, 5.74) is 5.43. The number of rotatable bonds is 7. The monoisotopic (exact) mass is 267 g/mol. The fourth-order valence-corrected chi connectivity index (χ4v) is 2.47. The van der Waals surface area contributed by atoms with Gasteiger partial charge < -0.3 is 5.32 Å². The van der Waals surface area contributed by atoms with Crippen LogP contribution in [0.25, 0.3) is 11.1 Å². The summed E-state index contributed by atoms with van der Waals surface area (Å²) in [6.07, 6.45) is 3.54. The second kappa shape index (κ2) is 7.86. The molecule has 0 aliphatic rings. The van der Waals surface area contributed by atoms with Crippen molar-refractivity contribution in [3.8, 4) is 11.1 Å². The molecule has 0 saturated carbocycles. The third kappa shape index (κ3) is 4.21. The molecule has 0 bridgehead atoms. The van der Waals surface area contributed by atoms with Gasteiger partial charge in [0.25, 0.3) is 0 Å². The SMILES string of the molecule is CCCNCc1cccc(-c2cccc(CCC)c2)c1. The maximum atomic E-state index is 3.46. The molecule has 2 rings (SSSR count). The summed E-state index contributed by atoms with van der Waals surface area (Å²) in [5.74, 6) is 0. The van der Waals surface area contributed by atoms with Gasteiger partial charge in [0.05, 0.1) is 0 Å². The van der Waals surface area contributed by atoms with Crippen molar-refractivity contribution in [1.29, 1.82) is 0 Å². The Kier molecular flexibility index (Phi) is 5.82. The van der Waals surface area contributed by atoms with Gasteiger partial charge in [-0.25, -0.2) is 0 Å². The van der Waals surface area contributed by atoms with Gasteiger partial charge in [0.1, 0.15) is 0 Å². The molecule has 0 saturated heterocycles. The predicted molar refractivity (Wildman–Crippen MR) is 87.9 cm³/mol. The van der Waals surface area contributed by atoms with E-state index < -0.39 is 0 Å². The average Bonchev–Trinajstić information content (AvgIpc) is 2.49. The first kappa shape index (κ1) is 14.8. The van der Waals surface area contributed by atoms with Crippen LogP contribution in [0.5, 0.6) is 0 Å². The van der Waals surface area contributed by atoms with E-state index in [2.05, 4.69) is 67.7 Å². The first-order valence-electron chi connectivity index (χ1n) is 7.72. The number of benzene rings is 2. The Morgan fingerprint density at radius 1 is 0.800 bits per heavy atom. The molecule has 0 aliphatic carbocycles. The third-order valence-corrected chi connectivity index (χ3v) is 3.48. The molecule has 0 unspecified atom stereocenters. The molecule has 0 amide bonds. The van der Waals surface area contributed by atoms with Crippen LogP contribution in [0, 0.1) is 0 Å². The number of hydrogen-bond acceptors (Lipinski definition) is 1. The van der Waals surface area contributed by atoms with Gasteiger partial charge in [0.2, 0.25) is 0 Å². The van der Waals surface area contributed by atoms with E-state index >= 15 is 0 Å². The minimum absolute atomic E-state index is 0.955. The maximum Gasteiger partial charge on any atom is 0.0205 e. The molecule has 0 aromatic heterocycles. The van der Waals surface area contributed by atoms with Crippen LogP contribution < -0.4 is 5.32 Å². The lowest BCUT2D eigenvalue weighted by Gasteiger charge is -2.08. The fraction of sp³-hybridized carbons (Fsp3) is 0.368. The lowest BCUT2D eigenvalue weighted by molar-refractivity contribution is 0.675. The van der Waals surface area contributed by atoms with Gasteiger partial charge >= 0.3 is 0 Å². The second-order valence-electron chi connectivity index (χ2n) is 5.33. The van der Waals surface area contributed by atoms with Crippen molar-refractivity contribution < 1.29 is 0 Å². The summed E-state index contributed by atoms with van der Waals surface area (Å²) in [6, 6.07) is 17.8. The van der Waals surface area contributed by atoms with Crippen LogP contribution in [0.1, 0.15) is 37.8 Å². The van der Waals surface area contributed by atoms with Gasteiger partial charge in [-0.3, -0.25) is 0 Å². The summed E-state index contributed by atoms with van der Waals surface area (Å²) >= 11 is 0. The van der Waals surface area contributed by atoms with E-state index in [1.807, 2.05) is 0 Å². The Hall–Kier alpha value is -1.60. The summed E-state index contributed by atoms with van der Waals surface area (Å²) in [4.78, 5) is 0. The lowest BCUT2D eigenvalue weighted by atomic mass is 9.99. The number of nitrogens with one attached hydrogen (secondary N) is 1. The van der Waals surface area contributed by atoms with E-state index in [0.717, 1.165) is 19.5 Å². The summed E-state index contributed by atoms with van der Waals surface area (Å²) in [6.45, 7) is 6.46. The summed E-state index contributed by atoms with van der Waals surface area (Å²) in [5, 5.41) is 3.46. The Balaban J connectivity index is 2.15. The average molecular weight is 267 g/mol. The van der Waals surface area contributed by atoms with E-state index in [4.69, 9.17) is 0 Å². The molecule has 1 heteroatoms. The molecule has 0 radical (unpaired) electrons. The fourth-order valence-electron chi connectivity index (χ4n) is 2.47. The Labute approximate surface area is 123 Å². The second-order valence-corrected chi connectivity index (χ2v) is 5.33. The van der Waals surface area contributed by atoms with Gasteiger partial charge in [-0.05, 0) is 47.7 Å². The molecule has 0 heterocycles. The van der Waals surface area contributed by atoms with Gasteiger partial charge in [0.15, 0.2) is 0 Å². The van der Waals surface area contributed by atoms with Crippen molar-refractivity contribution in [1.82, 2.24) is 5.32 Å². The normalized spacial score (nSPS) is 10.7. The van der Waals surface area contributed by atoms with Crippen LogP contribution in [-0.2, 0) is 13.0 Å². The molecule has 20 heavy (non-hydrogen) atoms. The minimum atomic E-state index is 0.955. The molecule has 0 spiro atoms. The van der Waals surface area contributed by atoms with Crippen molar-refractivity contribution in [2.24, 2.45) is 0 Å². The van der Waals surface area contributed by atoms with E-state index in [0.29, 0.717) is 0 Å².